The molecule has 3 heteroatoms. The smallest absolute Gasteiger partial charge is 0.128 e. The normalized spacial score (nSPS) is 20.2. The van der Waals surface area contributed by atoms with Crippen molar-refractivity contribution in [2.24, 2.45) is 0 Å². The first-order valence-corrected chi connectivity index (χ1v) is 7.96. The predicted molar refractivity (Wildman–Crippen MR) is 86.5 cm³/mol. The minimum Gasteiger partial charge on any atom is -0.352 e. The zero-order valence-electron chi connectivity index (χ0n) is 13.4. The van der Waals surface area contributed by atoms with Gasteiger partial charge >= 0.3 is 0 Å². The molecule has 1 aliphatic rings. The van der Waals surface area contributed by atoms with Crippen LogP contribution in [0.4, 0.5) is 5.82 Å². The molecule has 0 spiro atoms. The number of hydrogen-bond acceptors (Lipinski definition) is 3. The van der Waals surface area contributed by atoms with E-state index in [2.05, 4.69) is 50.0 Å². The molecule has 1 fully saturated rings. The van der Waals surface area contributed by atoms with Crippen LogP contribution in [-0.2, 0) is 5.41 Å². The fraction of sp³-hybridized carbons (Fsp3) is 0.706. The Labute approximate surface area is 123 Å². The SMILES string of the molecule is CCNCC1CCCCN1c1ccc(C(C)(C)C)cn1. The summed E-state index contributed by atoms with van der Waals surface area (Å²) in [5.74, 6) is 1.14. The van der Waals surface area contributed by atoms with Crippen molar-refractivity contribution in [1.29, 1.82) is 0 Å². The molecule has 112 valence electrons. The molecule has 0 saturated carbocycles. The van der Waals surface area contributed by atoms with E-state index in [4.69, 9.17) is 4.98 Å². The summed E-state index contributed by atoms with van der Waals surface area (Å²) in [6.45, 7) is 12.1. The molecule has 2 rings (SSSR count). The third-order valence-corrected chi connectivity index (χ3v) is 4.17. The summed E-state index contributed by atoms with van der Waals surface area (Å²) in [6.07, 6.45) is 5.95. The number of anilines is 1. The Morgan fingerprint density at radius 3 is 2.70 bits per heavy atom. The molecule has 2 heterocycles. The van der Waals surface area contributed by atoms with E-state index < -0.39 is 0 Å². The summed E-state index contributed by atoms with van der Waals surface area (Å²) in [5, 5.41) is 3.48. The van der Waals surface area contributed by atoms with E-state index in [1.165, 1.54) is 24.8 Å². The number of piperidine rings is 1. The summed E-state index contributed by atoms with van der Waals surface area (Å²) >= 11 is 0. The van der Waals surface area contributed by atoms with E-state index in [1.807, 2.05) is 6.20 Å². The van der Waals surface area contributed by atoms with Gasteiger partial charge in [0.25, 0.3) is 0 Å². The molecule has 1 aromatic rings. The Hall–Kier alpha value is -1.09. The molecule has 1 atom stereocenters. The highest BCUT2D eigenvalue weighted by molar-refractivity contribution is 5.42. The minimum absolute atomic E-state index is 0.177. The van der Waals surface area contributed by atoms with Gasteiger partial charge in [0.1, 0.15) is 5.82 Å². The van der Waals surface area contributed by atoms with Crippen molar-refractivity contribution in [3.05, 3.63) is 23.9 Å². The molecule has 3 nitrogen and oxygen atoms in total. The van der Waals surface area contributed by atoms with Gasteiger partial charge in [0.15, 0.2) is 0 Å². The Morgan fingerprint density at radius 1 is 1.30 bits per heavy atom. The molecule has 20 heavy (non-hydrogen) atoms. The third kappa shape index (κ3) is 3.72. The highest BCUT2D eigenvalue weighted by Gasteiger charge is 2.23. The maximum Gasteiger partial charge on any atom is 0.128 e. The lowest BCUT2D eigenvalue weighted by Crippen LogP contribution is -2.46. The van der Waals surface area contributed by atoms with Gasteiger partial charge in [-0.05, 0) is 42.9 Å². The number of nitrogens with zero attached hydrogens (tertiary/aromatic N) is 2. The van der Waals surface area contributed by atoms with Crippen LogP contribution in [0.2, 0.25) is 0 Å². The van der Waals surface area contributed by atoms with Crippen molar-refractivity contribution < 1.29 is 0 Å². The van der Waals surface area contributed by atoms with Crippen molar-refractivity contribution in [3.63, 3.8) is 0 Å². The fourth-order valence-electron chi connectivity index (χ4n) is 2.82. The van der Waals surface area contributed by atoms with Crippen LogP contribution in [0.15, 0.2) is 18.3 Å². The number of nitrogens with one attached hydrogen (secondary N) is 1. The van der Waals surface area contributed by atoms with Crippen molar-refractivity contribution in [2.45, 2.75) is 58.4 Å². The monoisotopic (exact) mass is 275 g/mol. The highest BCUT2D eigenvalue weighted by atomic mass is 15.2. The average molecular weight is 275 g/mol. The zero-order valence-corrected chi connectivity index (χ0v) is 13.4. The van der Waals surface area contributed by atoms with Crippen LogP contribution in [-0.4, -0.2) is 30.7 Å². The number of pyridine rings is 1. The fourth-order valence-corrected chi connectivity index (χ4v) is 2.82. The van der Waals surface area contributed by atoms with Crippen LogP contribution in [0, 0.1) is 0 Å². The lowest BCUT2D eigenvalue weighted by molar-refractivity contribution is 0.436. The Bertz CT molecular complexity index is 405. The molecule has 0 aliphatic carbocycles. The van der Waals surface area contributed by atoms with Crippen molar-refractivity contribution in [3.8, 4) is 0 Å². The van der Waals surface area contributed by atoms with Crippen molar-refractivity contribution in [2.75, 3.05) is 24.5 Å². The number of rotatable bonds is 4. The number of likely N-dealkylation sites (N-methyl/N-ethyl adjacent to an activating group) is 1. The summed E-state index contributed by atoms with van der Waals surface area (Å²) in [6, 6.07) is 5.03. The predicted octanol–water partition coefficient (Wildman–Crippen LogP) is 3.35. The Kier molecular flexibility index (Phi) is 5.03. The van der Waals surface area contributed by atoms with E-state index >= 15 is 0 Å². The van der Waals surface area contributed by atoms with E-state index in [1.54, 1.807) is 0 Å². The first-order chi connectivity index (χ1) is 9.52. The van der Waals surface area contributed by atoms with Crippen LogP contribution in [0.1, 0.15) is 52.5 Å². The van der Waals surface area contributed by atoms with E-state index in [9.17, 15) is 0 Å². The van der Waals surface area contributed by atoms with Gasteiger partial charge in [-0.2, -0.15) is 0 Å². The molecule has 0 bridgehead atoms. The lowest BCUT2D eigenvalue weighted by atomic mass is 9.88. The quantitative estimate of drug-likeness (QED) is 0.913. The van der Waals surface area contributed by atoms with Gasteiger partial charge in [-0.25, -0.2) is 4.98 Å². The standard InChI is InChI=1S/C17H29N3/c1-5-18-13-15-8-6-7-11-20(15)16-10-9-14(12-19-16)17(2,3)4/h9-10,12,15,18H,5-8,11,13H2,1-4H3. The van der Waals surface area contributed by atoms with Gasteiger partial charge in [0.05, 0.1) is 0 Å². The van der Waals surface area contributed by atoms with E-state index in [0.29, 0.717) is 6.04 Å². The Morgan fingerprint density at radius 2 is 2.10 bits per heavy atom. The van der Waals surface area contributed by atoms with Crippen molar-refractivity contribution in [1.82, 2.24) is 10.3 Å². The van der Waals surface area contributed by atoms with E-state index in [-0.39, 0.29) is 5.41 Å². The molecule has 0 radical (unpaired) electrons. The lowest BCUT2D eigenvalue weighted by Gasteiger charge is -2.37. The third-order valence-electron chi connectivity index (χ3n) is 4.17. The molecule has 1 saturated heterocycles. The zero-order chi connectivity index (χ0) is 14.6. The second-order valence-corrected chi connectivity index (χ2v) is 6.81. The first-order valence-electron chi connectivity index (χ1n) is 7.96. The molecular formula is C17H29N3. The second-order valence-electron chi connectivity index (χ2n) is 6.81. The van der Waals surface area contributed by atoms with Gasteiger partial charge in [-0.3, -0.25) is 0 Å². The maximum atomic E-state index is 4.73. The topological polar surface area (TPSA) is 28.2 Å². The van der Waals surface area contributed by atoms with Crippen molar-refractivity contribution >= 4 is 5.82 Å². The molecule has 1 unspecified atom stereocenters. The van der Waals surface area contributed by atoms with Crippen LogP contribution in [0.25, 0.3) is 0 Å². The van der Waals surface area contributed by atoms with Gasteiger partial charge in [-0.1, -0.05) is 33.8 Å². The molecular weight excluding hydrogens is 246 g/mol. The number of aromatic nitrogens is 1. The summed E-state index contributed by atoms with van der Waals surface area (Å²) in [7, 11) is 0. The number of hydrogen-bond donors (Lipinski definition) is 1. The minimum atomic E-state index is 0.177. The van der Waals surface area contributed by atoms with Gasteiger partial charge in [0, 0.05) is 25.3 Å². The average Bonchev–Trinajstić information content (AvgIpc) is 2.45. The summed E-state index contributed by atoms with van der Waals surface area (Å²) in [4.78, 5) is 7.21. The maximum absolute atomic E-state index is 4.73. The van der Waals surface area contributed by atoms with Crippen LogP contribution < -0.4 is 10.2 Å². The largest absolute Gasteiger partial charge is 0.352 e. The molecule has 1 N–H and O–H groups in total. The molecule has 0 aromatic carbocycles. The Balaban J connectivity index is 2.11. The van der Waals surface area contributed by atoms with Crippen LogP contribution in [0.5, 0.6) is 0 Å². The molecule has 1 aliphatic heterocycles. The van der Waals surface area contributed by atoms with Gasteiger partial charge in [0.2, 0.25) is 0 Å². The molecule has 1 aromatic heterocycles. The second kappa shape index (κ2) is 6.57. The summed E-state index contributed by atoms with van der Waals surface area (Å²) < 4.78 is 0. The molecule has 0 amide bonds. The summed E-state index contributed by atoms with van der Waals surface area (Å²) in [5.41, 5.74) is 1.48. The first kappa shape index (κ1) is 15.3. The van der Waals surface area contributed by atoms with Gasteiger partial charge in [-0.15, -0.1) is 0 Å². The van der Waals surface area contributed by atoms with Gasteiger partial charge < -0.3 is 10.2 Å². The van der Waals surface area contributed by atoms with E-state index in [0.717, 1.165) is 25.5 Å². The van der Waals surface area contributed by atoms with Crippen LogP contribution in [0.3, 0.4) is 0 Å². The van der Waals surface area contributed by atoms with Crippen LogP contribution >= 0.6 is 0 Å². The highest BCUT2D eigenvalue weighted by Crippen LogP contribution is 2.26.